The highest BCUT2D eigenvalue weighted by atomic mass is 15.2. The zero-order valence-electron chi connectivity index (χ0n) is 9.73. The third-order valence-electron chi connectivity index (χ3n) is 4.92. The minimum Gasteiger partial charge on any atom is -0.298 e. The van der Waals surface area contributed by atoms with Crippen molar-refractivity contribution in [3.05, 3.63) is 35.9 Å². The van der Waals surface area contributed by atoms with Crippen molar-refractivity contribution in [3.8, 4) is 0 Å². The van der Waals surface area contributed by atoms with E-state index in [0.29, 0.717) is 0 Å². The number of likely N-dealkylation sites (tertiary alicyclic amines) is 1. The standard InChI is InChI=1S/C15H19N/c1-2-4-12(5-3-1)9-16-10-14-8-15(14,11-16)13-6-7-13/h1-5,13-14H,6-11H2. The number of nitrogens with zero attached hydrogens (tertiary/aromatic N) is 1. The molecule has 1 nitrogen and oxygen atoms in total. The molecule has 2 aliphatic carbocycles. The van der Waals surface area contributed by atoms with Crippen LogP contribution in [0.2, 0.25) is 0 Å². The summed E-state index contributed by atoms with van der Waals surface area (Å²) in [7, 11) is 0. The molecule has 0 N–H and O–H groups in total. The van der Waals surface area contributed by atoms with Crippen LogP contribution in [-0.2, 0) is 6.54 Å². The smallest absolute Gasteiger partial charge is 0.0234 e. The fourth-order valence-corrected chi connectivity index (χ4v) is 3.88. The molecule has 1 heteroatoms. The predicted molar refractivity (Wildman–Crippen MR) is 65.0 cm³/mol. The zero-order chi connectivity index (χ0) is 10.6. The fourth-order valence-electron chi connectivity index (χ4n) is 3.88. The zero-order valence-corrected chi connectivity index (χ0v) is 9.73. The van der Waals surface area contributed by atoms with E-state index in [1.807, 2.05) is 0 Å². The van der Waals surface area contributed by atoms with Crippen LogP contribution < -0.4 is 0 Å². The lowest BCUT2D eigenvalue weighted by Crippen LogP contribution is -2.25. The number of fused-ring (bicyclic) bond motifs is 1. The van der Waals surface area contributed by atoms with E-state index in [1.54, 1.807) is 6.42 Å². The molecule has 3 aliphatic rings. The molecular weight excluding hydrogens is 194 g/mol. The molecule has 2 unspecified atom stereocenters. The van der Waals surface area contributed by atoms with E-state index < -0.39 is 0 Å². The Hall–Kier alpha value is -0.820. The molecule has 0 bridgehead atoms. The van der Waals surface area contributed by atoms with Crippen LogP contribution in [0.4, 0.5) is 0 Å². The van der Waals surface area contributed by atoms with Gasteiger partial charge in [-0.1, -0.05) is 30.3 Å². The van der Waals surface area contributed by atoms with Gasteiger partial charge in [-0.3, -0.25) is 4.90 Å². The molecule has 0 spiro atoms. The molecule has 1 saturated heterocycles. The molecule has 0 radical (unpaired) electrons. The van der Waals surface area contributed by atoms with Gasteiger partial charge in [0.05, 0.1) is 0 Å². The summed E-state index contributed by atoms with van der Waals surface area (Å²) in [4.78, 5) is 2.68. The lowest BCUT2D eigenvalue weighted by atomic mass is 10.00. The molecule has 0 amide bonds. The molecule has 16 heavy (non-hydrogen) atoms. The van der Waals surface area contributed by atoms with Crippen LogP contribution >= 0.6 is 0 Å². The Labute approximate surface area is 97.5 Å². The molecule has 84 valence electrons. The minimum atomic E-state index is 0.800. The first-order valence-corrected chi connectivity index (χ1v) is 6.63. The lowest BCUT2D eigenvalue weighted by Gasteiger charge is -2.20. The van der Waals surface area contributed by atoms with E-state index in [4.69, 9.17) is 0 Å². The number of rotatable bonds is 3. The summed E-state index contributed by atoms with van der Waals surface area (Å²) >= 11 is 0. The van der Waals surface area contributed by atoms with Gasteiger partial charge in [-0.15, -0.1) is 0 Å². The van der Waals surface area contributed by atoms with E-state index >= 15 is 0 Å². The summed E-state index contributed by atoms with van der Waals surface area (Å²) in [5, 5.41) is 0. The third kappa shape index (κ3) is 1.34. The van der Waals surface area contributed by atoms with Crippen molar-refractivity contribution in [2.75, 3.05) is 13.1 Å². The molecule has 4 rings (SSSR count). The van der Waals surface area contributed by atoms with Crippen molar-refractivity contribution in [2.45, 2.75) is 25.8 Å². The van der Waals surface area contributed by atoms with E-state index in [2.05, 4.69) is 35.2 Å². The summed E-state index contributed by atoms with van der Waals surface area (Å²) in [6.07, 6.45) is 4.59. The molecular formula is C15H19N. The first-order valence-electron chi connectivity index (χ1n) is 6.63. The van der Waals surface area contributed by atoms with Crippen molar-refractivity contribution in [2.24, 2.45) is 17.3 Å². The SMILES string of the molecule is c1ccc(CN2CC3CC3(C3CC3)C2)cc1. The number of piperidine rings is 1. The summed E-state index contributed by atoms with van der Waals surface area (Å²) in [6, 6.07) is 10.9. The van der Waals surface area contributed by atoms with E-state index in [0.717, 1.165) is 17.3 Å². The second kappa shape index (κ2) is 3.10. The van der Waals surface area contributed by atoms with E-state index in [1.165, 1.54) is 38.0 Å². The Morgan fingerprint density at radius 2 is 1.94 bits per heavy atom. The Balaban J connectivity index is 1.44. The van der Waals surface area contributed by atoms with Crippen LogP contribution in [0.3, 0.4) is 0 Å². The monoisotopic (exact) mass is 213 g/mol. The first-order chi connectivity index (χ1) is 7.87. The van der Waals surface area contributed by atoms with Gasteiger partial charge in [-0.2, -0.15) is 0 Å². The molecule has 0 aromatic heterocycles. The second-order valence-corrected chi connectivity index (χ2v) is 6.06. The van der Waals surface area contributed by atoms with Gasteiger partial charge in [0.15, 0.2) is 0 Å². The predicted octanol–water partition coefficient (Wildman–Crippen LogP) is 2.92. The van der Waals surface area contributed by atoms with Crippen molar-refractivity contribution < 1.29 is 0 Å². The van der Waals surface area contributed by atoms with Gasteiger partial charge in [0.1, 0.15) is 0 Å². The van der Waals surface area contributed by atoms with E-state index in [9.17, 15) is 0 Å². The number of benzene rings is 1. The van der Waals surface area contributed by atoms with Crippen LogP contribution in [0.15, 0.2) is 30.3 Å². The minimum absolute atomic E-state index is 0.800. The van der Waals surface area contributed by atoms with Gasteiger partial charge in [-0.05, 0) is 42.1 Å². The Morgan fingerprint density at radius 1 is 1.12 bits per heavy atom. The van der Waals surface area contributed by atoms with Crippen molar-refractivity contribution in [1.82, 2.24) is 4.90 Å². The van der Waals surface area contributed by atoms with Gasteiger partial charge < -0.3 is 0 Å². The van der Waals surface area contributed by atoms with Crippen LogP contribution in [0.1, 0.15) is 24.8 Å². The summed E-state index contributed by atoms with van der Waals surface area (Å²) in [6.45, 7) is 3.93. The Kier molecular flexibility index (Phi) is 1.79. The highest BCUT2D eigenvalue weighted by molar-refractivity contribution is 5.19. The Bertz CT molecular complexity index is 395. The molecule has 3 fully saturated rings. The number of hydrogen-bond donors (Lipinski definition) is 0. The van der Waals surface area contributed by atoms with Crippen LogP contribution in [-0.4, -0.2) is 18.0 Å². The molecule has 1 aromatic rings. The van der Waals surface area contributed by atoms with Gasteiger partial charge >= 0.3 is 0 Å². The van der Waals surface area contributed by atoms with Crippen LogP contribution in [0.5, 0.6) is 0 Å². The molecule has 1 heterocycles. The van der Waals surface area contributed by atoms with Crippen LogP contribution in [0, 0.1) is 17.3 Å². The molecule has 1 aliphatic heterocycles. The maximum absolute atomic E-state index is 2.68. The van der Waals surface area contributed by atoms with Gasteiger partial charge in [0.25, 0.3) is 0 Å². The average molecular weight is 213 g/mol. The molecule has 1 aromatic carbocycles. The topological polar surface area (TPSA) is 3.24 Å². The second-order valence-electron chi connectivity index (χ2n) is 6.06. The first kappa shape index (κ1) is 9.23. The maximum Gasteiger partial charge on any atom is 0.0234 e. The summed E-state index contributed by atoms with van der Waals surface area (Å²) in [5.74, 6) is 2.17. The van der Waals surface area contributed by atoms with Crippen LogP contribution in [0.25, 0.3) is 0 Å². The highest BCUT2D eigenvalue weighted by Gasteiger charge is 2.65. The average Bonchev–Trinajstić information content (AvgIpc) is 3.19. The summed E-state index contributed by atoms with van der Waals surface area (Å²) < 4.78 is 0. The maximum atomic E-state index is 2.68. The third-order valence-corrected chi connectivity index (χ3v) is 4.92. The lowest BCUT2D eigenvalue weighted by molar-refractivity contribution is 0.261. The summed E-state index contributed by atoms with van der Waals surface area (Å²) in [5.41, 5.74) is 2.28. The van der Waals surface area contributed by atoms with Crippen molar-refractivity contribution in [1.29, 1.82) is 0 Å². The normalized spacial score (nSPS) is 37.4. The van der Waals surface area contributed by atoms with Gasteiger partial charge in [0.2, 0.25) is 0 Å². The largest absolute Gasteiger partial charge is 0.298 e. The highest BCUT2D eigenvalue weighted by Crippen LogP contribution is 2.68. The van der Waals surface area contributed by atoms with Crippen molar-refractivity contribution in [3.63, 3.8) is 0 Å². The van der Waals surface area contributed by atoms with Gasteiger partial charge in [0, 0.05) is 19.6 Å². The molecule has 2 saturated carbocycles. The van der Waals surface area contributed by atoms with E-state index in [-0.39, 0.29) is 0 Å². The van der Waals surface area contributed by atoms with Gasteiger partial charge in [-0.25, -0.2) is 0 Å². The van der Waals surface area contributed by atoms with Crippen molar-refractivity contribution >= 4 is 0 Å². The number of hydrogen-bond acceptors (Lipinski definition) is 1. The molecule has 2 atom stereocenters. The fraction of sp³-hybridized carbons (Fsp3) is 0.600. The quantitative estimate of drug-likeness (QED) is 0.746. The Morgan fingerprint density at radius 3 is 2.69 bits per heavy atom.